The lowest BCUT2D eigenvalue weighted by molar-refractivity contribution is 0.380. The first-order chi connectivity index (χ1) is 22.8. The van der Waals surface area contributed by atoms with Crippen LogP contribution in [0.2, 0.25) is 6.32 Å². The van der Waals surface area contributed by atoms with Crippen LogP contribution in [0, 0.1) is 29.1 Å². The first-order valence-electron chi connectivity index (χ1n) is 17.0. The van der Waals surface area contributed by atoms with Gasteiger partial charge < -0.3 is 4.65 Å². The third kappa shape index (κ3) is 5.23. The Labute approximate surface area is 281 Å². The van der Waals surface area contributed by atoms with Gasteiger partial charge in [0.05, 0.1) is 11.1 Å². The van der Waals surface area contributed by atoms with Crippen LogP contribution in [0.1, 0.15) is 99.7 Å². The van der Waals surface area contributed by atoms with Gasteiger partial charge in [0, 0.05) is 19.0 Å². The first kappa shape index (κ1) is 34.4. The molecule has 2 aliphatic heterocycles. The minimum Gasteiger partial charge on any atom is -0.706 e. The molecule has 0 amide bonds. The molecule has 6 rings (SSSR count). The molecule has 4 aromatic carbocycles. The summed E-state index contributed by atoms with van der Waals surface area (Å²) in [5.41, 5.74) is 3.70. The Kier molecular flexibility index (Phi) is 9.17. The number of benzene rings is 4. The Balaban J connectivity index is 1.80. The van der Waals surface area contributed by atoms with Gasteiger partial charge in [-0.15, -0.1) is 6.32 Å². The molecule has 1 saturated heterocycles. The second kappa shape index (κ2) is 12.8. The molecule has 1 unspecified atom stereocenters. The Morgan fingerprint density at radius 1 is 0.688 bits per heavy atom. The maximum atomic E-state index is 16.2. The molecule has 0 radical (unpaired) electrons. The van der Waals surface area contributed by atoms with Gasteiger partial charge in [0.15, 0.2) is 17.5 Å². The summed E-state index contributed by atoms with van der Waals surface area (Å²) in [5, 5.41) is 1.21. The molecule has 2 bridgehead atoms. The summed E-state index contributed by atoms with van der Waals surface area (Å²) in [7, 11) is -2.67. The topological polar surface area (TPSA) is 9.23 Å². The van der Waals surface area contributed by atoms with Crippen LogP contribution in [0.15, 0.2) is 78.9 Å². The van der Waals surface area contributed by atoms with Crippen molar-refractivity contribution < 1.29 is 26.6 Å². The zero-order valence-corrected chi connectivity index (χ0v) is 29.5. The van der Waals surface area contributed by atoms with Gasteiger partial charge in [0.25, 0.3) is 0 Å². The first-order valence-corrected chi connectivity index (χ1v) is 19.1. The van der Waals surface area contributed by atoms with E-state index in [9.17, 15) is 4.39 Å². The number of hydrogen-bond acceptors (Lipinski definition) is 1. The van der Waals surface area contributed by atoms with E-state index in [1.54, 1.807) is 0 Å². The van der Waals surface area contributed by atoms with Crippen molar-refractivity contribution in [2.45, 2.75) is 83.8 Å². The van der Waals surface area contributed by atoms with Crippen LogP contribution in [-0.4, -0.2) is 18.1 Å². The molecule has 252 valence electrons. The summed E-state index contributed by atoms with van der Waals surface area (Å²) < 4.78 is 84.2. The molecule has 48 heavy (non-hydrogen) atoms. The molecule has 0 aliphatic carbocycles. The second-order valence-electron chi connectivity index (χ2n) is 14.6. The normalized spacial score (nSPS) is 23.9. The lowest BCUT2D eigenvalue weighted by Gasteiger charge is -2.44. The number of rotatable bonds is 7. The number of halogens is 5. The van der Waals surface area contributed by atoms with E-state index in [1.165, 1.54) is 22.0 Å². The Morgan fingerprint density at radius 2 is 1.19 bits per heavy atom. The van der Waals surface area contributed by atoms with E-state index in [-0.39, 0.29) is 29.7 Å². The van der Waals surface area contributed by atoms with Crippen LogP contribution >= 0.6 is 7.26 Å². The molecule has 0 N–H and O–H groups in total. The average Bonchev–Trinajstić information content (AvgIpc) is 3.30. The van der Waals surface area contributed by atoms with Crippen molar-refractivity contribution in [1.29, 1.82) is 0 Å². The van der Waals surface area contributed by atoms with Gasteiger partial charge in [0.2, 0.25) is 6.35 Å². The number of hydrogen-bond donors (Lipinski definition) is 0. The van der Waals surface area contributed by atoms with E-state index in [0.717, 1.165) is 5.56 Å². The summed E-state index contributed by atoms with van der Waals surface area (Å²) in [6, 6.07) is 24.0. The minimum absolute atomic E-state index is 0.118. The Morgan fingerprint density at radius 3 is 1.69 bits per heavy atom. The van der Waals surface area contributed by atoms with E-state index in [4.69, 9.17) is 4.65 Å². The second-order valence-corrected chi connectivity index (χ2v) is 18.7. The molecule has 2 heterocycles. The highest BCUT2D eigenvalue weighted by Crippen LogP contribution is 2.80. The highest BCUT2D eigenvalue weighted by molar-refractivity contribution is 7.87. The molecule has 8 heteroatoms. The molecular formula is C40H43BF5OP. The lowest BCUT2D eigenvalue weighted by atomic mass is 9.31. The molecule has 4 aromatic rings. The summed E-state index contributed by atoms with van der Waals surface area (Å²) in [4.78, 5) is 0. The zero-order chi connectivity index (χ0) is 34.7. The molecular weight excluding hydrogens is 633 g/mol. The molecule has 2 aliphatic rings. The van der Waals surface area contributed by atoms with Crippen molar-refractivity contribution in [3.8, 4) is 0 Å². The maximum Gasteiger partial charge on any atom is 0.240 e. The van der Waals surface area contributed by atoms with E-state index < -0.39 is 53.7 Å². The summed E-state index contributed by atoms with van der Waals surface area (Å²) in [6.45, 7) is 15.0. The standard InChI is InChI=1S/C40H43BF5OP/c1-23(2)29-20-30(24(3)4)40(31(21-29)25(5)6)48-19-18-41(26(48)7,34-35(42)37(44)39(46)38(45)36(34)43)47-32(27-14-10-8-11-15-27)22-33(48)28-16-12-9-13-17-28/h8-17,20-26,33H,18-19H2,1-7H3/t26-,33-,41+,48?/m0/s1. The SMILES string of the molecule is CC(C)c1cc(C(C)C)c([P+]23CC[B@@-](c4c(F)c(F)c(F)c(F)c4F)(OC(c4ccccc4)=C[C@H]2c2ccccc2)[C@@H]3C)c(C(C)C)c1. The summed E-state index contributed by atoms with van der Waals surface area (Å²) in [6.07, 6.45) is -0.0405. The third-order valence-corrected chi connectivity index (χ3v) is 16.7. The van der Waals surface area contributed by atoms with Gasteiger partial charge in [0.1, 0.15) is 17.3 Å². The molecule has 0 aromatic heterocycles. The average molecular weight is 677 g/mol. The predicted molar refractivity (Wildman–Crippen MR) is 191 cm³/mol. The molecule has 1 nitrogen and oxygen atoms in total. The van der Waals surface area contributed by atoms with Crippen LogP contribution in [-0.2, 0) is 4.65 Å². The van der Waals surface area contributed by atoms with Gasteiger partial charge >= 0.3 is 0 Å². The van der Waals surface area contributed by atoms with Gasteiger partial charge in [-0.25, -0.2) is 22.0 Å². The maximum absolute atomic E-state index is 16.2. The van der Waals surface area contributed by atoms with Crippen molar-refractivity contribution in [1.82, 2.24) is 0 Å². The van der Waals surface area contributed by atoms with Crippen molar-refractivity contribution in [2.24, 2.45) is 0 Å². The van der Waals surface area contributed by atoms with Crippen LogP contribution in [0.3, 0.4) is 0 Å². The monoisotopic (exact) mass is 676 g/mol. The van der Waals surface area contributed by atoms with Crippen molar-refractivity contribution in [2.75, 3.05) is 6.16 Å². The van der Waals surface area contributed by atoms with E-state index in [2.05, 4.69) is 71.9 Å². The Bertz CT molecular complexity index is 1820. The van der Waals surface area contributed by atoms with Crippen LogP contribution < -0.4 is 10.8 Å². The van der Waals surface area contributed by atoms with Crippen molar-refractivity contribution in [3.63, 3.8) is 0 Å². The largest absolute Gasteiger partial charge is 0.706 e. The molecule has 0 spiro atoms. The van der Waals surface area contributed by atoms with Gasteiger partial charge in [-0.3, -0.25) is 0 Å². The van der Waals surface area contributed by atoms with Crippen LogP contribution in [0.5, 0.6) is 0 Å². The predicted octanol–water partition coefficient (Wildman–Crippen LogP) is 11.0. The fourth-order valence-electron chi connectivity index (χ4n) is 8.50. The molecule has 1 fully saturated rings. The van der Waals surface area contributed by atoms with Crippen LogP contribution in [0.4, 0.5) is 22.0 Å². The van der Waals surface area contributed by atoms with E-state index in [1.807, 2.05) is 55.5 Å². The fraction of sp³-hybridized carbons (Fsp3) is 0.350. The fourth-order valence-corrected chi connectivity index (χ4v) is 15.3. The Hall–Kier alpha value is -3.44. The summed E-state index contributed by atoms with van der Waals surface area (Å²) >= 11 is 0. The molecule has 4 atom stereocenters. The van der Waals surface area contributed by atoms with Gasteiger partial charge in [-0.1, -0.05) is 127 Å². The molecule has 0 saturated carbocycles. The van der Waals surface area contributed by atoms with Crippen LogP contribution in [0.25, 0.3) is 5.76 Å². The number of allylic oxidation sites excluding steroid dienone is 1. The quantitative estimate of drug-likeness (QED) is 0.0623. The lowest BCUT2D eigenvalue weighted by Crippen LogP contribution is -2.59. The van der Waals surface area contributed by atoms with Crippen molar-refractivity contribution in [3.05, 3.63) is 136 Å². The smallest absolute Gasteiger partial charge is 0.240 e. The van der Waals surface area contributed by atoms with Crippen molar-refractivity contribution >= 4 is 30.1 Å². The highest BCUT2D eigenvalue weighted by Gasteiger charge is 2.67. The minimum atomic E-state index is -2.82. The highest BCUT2D eigenvalue weighted by atomic mass is 31.2. The van der Waals surface area contributed by atoms with E-state index in [0.29, 0.717) is 17.5 Å². The van der Waals surface area contributed by atoms with E-state index >= 15 is 17.6 Å². The zero-order valence-electron chi connectivity index (χ0n) is 28.6. The summed E-state index contributed by atoms with van der Waals surface area (Å²) in [5.74, 6) is -8.72. The van der Waals surface area contributed by atoms with Gasteiger partial charge in [-0.2, -0.15) is 0 Å². The van der Waals surface area contributed by atoms with Gasteiger partial charge in [-0.05, 0) is 51.6 Å². The number of fused-ring (bicyclic) bond motifs is 2. The third-order valence-electron chi connectivity index (χ3n) is 11.0.